The molecule has 0 aliphatic heterocycles. The predicted octanol–water partition coefficient (Wildman–Crippen LogP) is 6.48. The highest BCUT2D eigenvalue weighted by molar-refractivity contribution is 4.65. The molecule has 1 N–H and O–H groups in total. The van der Waals surface area contributed by atoms with Crippen LogP contribution >= 0.6 is 0 Å². The summed E-state index contributed by atoms with van der Waals surface area (Å²) in [7, 11) is 0. The minimum absolute atomic E-state index is 0.0586. The predicted molar refractivity (Wildman–Crippen MR) is 91.2 cm³/mol. The number of unbranched alkanes of at least 4 members (excludes halogenated alkanes) is 10. The summed E-state index contributed by atoms with van der Waals surface area (Å²) < 4.78 is 0. The Morgan fingerprint density at radius 1 is 0.600 bits per heavy atom. The summed E-state index contributed by atoms with van der Waals surface area (Å²) in [5, 5.41) is 10.1. The second-order valence-electron chi connectivity index (χ2n) is 6.66. The molecule has 0 aliphatic carbocycles. The van der Waals surface area contributed by atoms with Gasteiger partial charge in [0.15, 0.2) is 0 Å². The first-order valence-corrected chi connectivity index (χ1v) is 9.40. The van der Waals surface area contributed by atoms with Crippen molar-refractivity contribution in [3.63, 3.8) is 0 Å². The Kier molecular flexibility index (Phi) is 15.3. The fourth-order valence-corrected chi connectivity index (χ4v) is 2.86. The van der Waals surface area contributed by atoms with Crippen LogP contribution in [0.5, 0.6) is 0 Å². The molecule has 122 valence electrons. The first-order valence-electron chi connectivity index (χ1n) is 9.40. The van der Waals surface area contributed by atoms with E-state index in [9.17, 15) is 5.11 Å². The van der Waals surface area contributed by atoms with Crippen molar-refractivity contribution in [1.82, 2.24) is 0 Å². The van der Waals surface area contributed by atoms with E-state index in [0.717, 1.165) is 6.42 Å². The minimum Gasteiger partial charge on any atom is -0.393 e. The number of rotatable bonds is 15. The van der Waals surface area contributed by atoms with Crippen LogP contribution in [-0.2, 0) is 0 Å². The van der Waals surface area contributed by atoms with Gasteiger partial charge in [0.1, 0.15) is 0 Å². The molecular weight excluding hydrogens is 244 g/mol. The molecule has 0 aliphatic rings. The molecule has 0 aromatic rings. The van der Waals surface area contributed by atoms with Crippen molar-refractivity contribution < 1.29 is 5.11 Å². The van der Waals surface area contributed by atoms with Gasteiger partial charge in [-0.3, -0.25) is 0 Å². The summed E-state index contributed by atoms with van der Waals surface area (Å²) in [6, 6.07) is 0. The van der Waals surface area contributed by atoms with E-state index in [2.05, 4.69) is 20.8 Å². The lowest BCUT2D eigenvalue weighted by atomic mass is 9.93. The second kappa shape index (κ2) is 15.4. The third kappa shape index (κ3) is 13.0. The Morgan fingerprint density at radius 2 is 1.00 bits per heavy atom. The van der Waals surface area contributed by atoms with Gasteiger partial charge in [-0.2, -0.15) is 0 Å². The third-order valence-corrected chi connectivity index (χ3v) is 4.52. The van der Waals surface area contributed by atoms with Crippen molar-refractivity contribution in [2.24, 2.45) is 5.92 Å². The Hall–Kier alpha value is -0.0400. The molecule has 0 saturated carbocycles. The molecular formula is C19H40O. The SMILES string of the molecule is CCCCCCCCCCC(O)C(C)CCCCCC. The fraction of sp³-hybridized carbons (Fsp3) is 1.00. The van der Waals surface area contributed by atoms with Gasteiger partial charge in [-0.1, -0.05) is 97.8 Å². The van der Waals surface area contributed by atoms with Gasteiger partial charge in [-0.25, -0.2) is 0 Å². The van der Waals surface area contributed by atoms with E-state index < -0.39 is 0 Å². The Balaban J connectivity index is 3.31. The van der Waals surface area contributed by atoms with Crippen molar-refractivity contribution in [2.45, 2.75) is 117 Å². The summed E-state index contributed by atoms with van der Waals surface area (Å²) in [5.74, 6) is 0.497. The van der Waals surface area contributed by atoms with Crippen LogP contribution in [0.25, 0.3) is 0 Å². The van der Waals surface area contributed by atoms with E-state index >= 15 is 0 Å². The molecule has 0 amide bonds. The molecule has 1 nitrogen and oxygen atoms in total. The Morgan fingerprint density at radius 3 is 1.55 bits per heavy atom. The van der Waals surface area contributed by atoms with Crippen molar-refractivity contribution in [1.29, 1.82) is 0 Å². The maximum atomic E-state index is 10.1. The number of hydrogen-bond donors (Lipinski definition) is 1. The van der Waals surface area contributed by atoms with Gasteiger partial charge >= 0.3 is 0 Å². The van der Waals surface area contributed by atoms with Gasteiger partial charge in [-0.05, 0) is 18.8 Å². The van der Waals surface area contributed by atoms with E-state index in [1.54, 1.807) is 0 Å². The molecule has 2 unspecified atom stereocenters. The van der Waals surface area contributed by atoms with Gasteiger partial charge in [0.05, 0.1) is 6.10 Å². The molecule has 0 aromatic heterocycles. The largest absolute Gasteiger partial charge is 0.393 e. The maximum absolute atomic E-state index is 10.1. The van der Waals surface area contributed by atoms with Crippen LogP contribution in [0.4, 0.5) is 0 Å². The van der Waals surface area contributed by atoms with Crippen LogP contribution in [0.1, 0.15) is 111 Å². The van der Waals surface area contributed by atoms with Crippen LogP contribution in [0.15, 0.2) is 0 Å². The van der Waals surface area contributed by atoms with Gasteiger partial charge in [0.25, 0.3) is 0 Å². The highest BCUT2D eigenvalue weighted by Gasteiger charge is 2.13. The van der Waals surface area contributed by atoms with E-state index in [4.69, 9.17) is 0 Å². The van der Waals surface area contributed by atoms with Gasteiger partial charge in [-0.15, -0.1) is 0 Å². The third-order valence-electron chi connectivity index (χ3n) is 4.52. The lowest BCUT2D eigenvalue weighted by Crippen LogP contribution is -2.17. The molecule has 0 bridgehead atoms. The molecule has 1 heteroatoms. The first kappa shape index (κ1) is 20.0. The van der Waals surface area contributed by atoms with Gasteiger partial charge in [0, 0.05) is 0 Å². The number of aliphatic hydroxyl groups excluding tert-OH is 1. The molecule has 0 heterocycles. The van der Waals surface area contributed by atoms with Crippen molar-refractivity contribution >= 4 is 0 Å². The summed E-state index contributed by atoms with van der Waals surface area (Å²) in [6.45, 7) is 6.74. The second-order valence-corrected chi connectivity index (χ2v) is 6.66. The smallest absolute Gasteiger partial charge is 0.0565 e. The van der Waals surface area contributed by atoms with E-state index in [-0.39, 0.29) is 6.10 Å². The van der Waals surface area contributed by atoms with Crippen LogP contribution in [-0.4, -0.2) is 11.2 Å². The molecule has 20 heavy (non-hydrogen) atoms. The standard InChI is InChI=1S/C19H40O/c1-4-6-8-10-11-12-13-15-17-19(20)18(3)16-14-9-7-5-2/h18-20H,4-17H2,1-3H3. The summed E-state index contributed by atoms with van der Waals surface area (Å²) in [6.07, 6.45) is 18.3. The van der Waals surface area contributed by atoms with Crippen molar-refractivity contribution in [3.05, 3.63) is 0 Å². The van der Waals surface area contributed by atoms with E-state index in [0.29, 0.717) is 5.92 Å². The maximum Gasteiger partial charge on any atom is 0.0565 e. The topological polar surface area (TPSA) is 20.2 Å². The Labute approximate surface area is 128 Å². The van der Waals surface area contributed by atoms with Crippen molar-refractivity contribution in [2.75, 3.05) is 0 Å². The minimum atomic E-state index is -0.0586. The lowest BCUT2D eigenvalue weighted by Gasteiger charge is -2.18. The summed E-state index contributed by atoms with van der Waals surface area (Å²) in [4.78, 5) is 0. The van der Waals surface area contributed by atoms with Crippen LogP contribution in [0.3, 0.4) is 0 Å². The zero-order valence-electron chi connectivity index (χ0n) is 14.5. The molecule has 0 aromatic carbocycles. The van der Waals surface area contributed by atoms with Crippen LogP contribution in [0, 0.1) is 5.92 Å². The summed E-state index contributed by atoms with van der Waals surface area (Å²) in [5.41, 5.74) is 0. The van der Waals surface area contributed by atoms with Crippen molar-refractivity contribution in [3.8, 4) is 0 Å². The number of hydrogen-bond acceptors (Lipinski definition) is 1. The highest BCUT2D eigenvalue weighted by atomic mass is 16.3. The van der Waals surface area contributed by atoms with Gasteiger partial charge in [0.2, 0.25) is 0 Å². The highest BCUT2D eigenvalue weighted by Crippen LogP contribution is 2.19. The van der Waals surface area contributed by atoms with Crippen LogP contribution < -0.4 is 0 Å². The first-order chi connectivity index (χ1) is 9.72. The molecule has 0 rings (SSSR count). The average molecular weight is 285 g/mol. The molecule has 2 atom stereocenters. The lowest BCUT2D eigenvalue weighted by molar-refractivity contribution is 0.0985. The van der Waals surface area contributed by atoms with Crippen LogP contribution in [0.2, 0.25) is 0 Å². The quantitative estimate of drug-likeness (QED) is 0.341. The normalized spacial score (nSPS) is 14.4. The zero-order valence-corrected chi connectivity index (χ0v) is 14.5. The molecule has 0 radical (unpaired) electrons. The average Bonchev–Trinajstić information content (AvgIpc) is 2.46. The molecule has 0 spiro atoms. The van der Waals surface area contributed by atoms with E-state index in [1.807, 2.05) is 0 Å². The zero-order chi connectivity index (χ0) is 15.1. The monoisotopic (exact) mass is 284 g/mol. The van der Waals surface area contributed by atoms with Gasteiger partial charge < -0.3 is 5.11 Å². The number of aliphatic hydroxyl groups is 1. The fourth-order valence-electron chi connectivity index (χ4n) is 2.86. The van der Waals surface area contributed by atoms with E-state index in [1.165, 1.54) is 83.5 Å². The molecule has 0 fully saturated rings. The molecule has 0 saturated heterocycles. The summed E-state index contributed by atoms with van der Waals surface area (Å²) >= 11 is 0. The Bertz CT molecular complexity index is 179.